The molecule has 0 radical (unpaired) electrons. The summed E-state index contributed by atoms with van der Waals surface area (Å²) in [6.07, 6.45) is -3.80. The van der Waals surface area contributed by atoms with Crippen LogP contribution in [0.25, 0.3) is 0 Å². The Kier molecular flexibility index (Phi) is 4.94. The summed E-state index contributed by atoms with van der Waals surface area (Å²) in [7, 11) is -3.99. The van der Waals surface area contributed by atoms with E-state index < -0.39 is 26.8 Å². The molecule has 2 heterocycles. The maximum Gasteiger partial charge on any atom is 0.417 e. The zero-order valence-electron chi connectivity index (χ0n) is 14.8. The van der Waals surface area contributed by atoms with Gasteiger partial charge in [-0.15, -0.1) is 0 Å². The van der Waals surface area contributed by atoms with Gasteiger partial charge in [-0.3, -0.25) is 4.90 Å². The third-order valence-electron chi connectivity index (χ3n) is 5.39. The zero-order chi connectivity index (χ0) is 20.1. The van der Waals surface area contributed by atoms with Gasteiger partial charge in [0, 0.05) is 32.2 Å². The number of alkyl halides is 3. The topological polar surface area (TPSA) is 40.6 Å². The molecule has 2 aliphatic heterocycles. The van der Waals surface area contributed by atoms with E-state index in [0.29, 0.717) is 6.07 Å². The fourth-order valence-electron chi connectivity index (χ4n) is 3.70. The number of sulfonamides is 1. The van der Waals surface area contributed by atoms with Crippen molar-refractivity contribution in [2.75, 3.05) is 19.6 Å². The molecule has 0 atom stereocenters. The first-order chi connectivity index (χ1) is 13.2. The van der Waals surface area contributed by atoms with Crippen LogP contribution < -0.4 is 0 Å². The largest absolute Gasteiger partial charge is 0.417 e. The van der Waals surface area contributed by atoms with E-state index in [4.69, 9.17) is 11.6 Å². The minimum atomic E-state index is -4.71. The molecule has 2 aromatic rings. The van der Waals surface area contributed by atoms with Crippen molar-refractivity contribution in [3.63, 3.8) is 0 Å². The van der Waals surface area contributed by atoms with E-state index >= 15 is 0 Å². The molecular formula is C19H18ClF3N2O2S. The molecule has 0 unspecified atom stereocenters. The Balaban J connectivity index is 1.47. The van der Waals surface area contributed by atoms with Crippen molar-refractivity contribution in [1.29, 1.82) is 0 Å². The lowest BCUT2D eigenvalue weighted by Gasteiger charge is -2.46. The summed E-state index contributed by atoms with van der Waals surface area (Å²) in [6, 6.07) is 10.9. The monoisotopic (exact) mass is 430 g/mol. The molecule has 0 aliphatic carbocycles. The molecular weight excluding hydrogens is 413 g/mol. The number of benzene rings is 2. The average Bonchev–Trinajstić information content (AvgIpc) is 2.59. The predicted molar refractivity (Wildman–Crippen MR) is 99.6 cm³/mol. The van der Waals surface area contributed by atoms with Gasteiger partial charge in [0.05, 0.1) is 15.5 Å². The quantitative estimate of drug-likeness (QED) is 0.744. The van der Waals surface area contributed by atoms with Crippen LogP contribution in [0.3, 0.4) is 0 Å². The summed E-state index contributed by atoms with van der Waals surface area (Å²) in [5.74, 6) is 0. The maximum atomic E-state index is 13.0. The lowest BCUT2D eigenvalue weighted by Crippen LogP contribution is -2.61. The van der Waals surface area contributed by atoms with Crippen LogP contribution in [-0.4, -0.2) is 43.3 Å². The Bertz CT molecular complexity index is 1000. The van der Waals surface area contributed by atoms with Gasteiger partial charge < -0.3 is 0 Å². The van der Waals surface area contributed by atoms with Gasteiger partial charge in [-0.1, -0.05) is 35.9 Å². The van der Waals surface area contributed by atoms with Crippen molar-refractivity contribution >= 4 is 21.6 Å². The van der Waals surface area contributed by atoms with Crippen LogP contribution >= 0.6 is 11.6 Å². The third kappa shape index (κ3) is 3.54. The smallest absolute Gasteiger partial charge is 0.293 e. The summed E-state index contributed by atoms with van der Waals surface area (Å²) in [5, 5.41) is -0.514. The molecule has 1 saturated heterocycles. The molecule has 0 amide bonds. The standard InChI is InChI=1S/C19H18ClF3N2O2S/c20-18-6-5-16(9-17(18)19(21,22)23)28(26,27)25-11-15(12-25)24-8-7-13-3-1-2-4-14(13)10-24/h1-6,9,15H,7-8,10-12H2. The second kappa shape index (κ2) is 7.02. The number of hydrogen-bond donors (Lipinski definition) is 0. The van der Waals surface area contributed by atoms with E-state index in [1.165, 1.54) is 15.4 Å². The molecule has 150 valence electrons. The maximum absolute atomic E-state index is 13.0. The van der Waals surface area contributed by atoms with Gasteiger partial charge in [0.25, 0.3) is 0 Å². The highest BCUT2D eigenvalue weighted by Crippen LogP contribution is 2.37. The van der Waals surface area contributed by atoms with E-state index in [9.17, 15) is 21.6 Å². The predicted octanol–water partition coefficient (Wildman–Crippen LogP) is 3.79. The van der Waals surface area contributed by atoms with Crippen LogP contribution in [0, 0.1) is 0 Å². The summed E-state index contributed by atoms with van der Waals surface area (Å²) in [4.78, 5) is 1.85. The molecule has 4 nitrogen and oxygen atoms in total. The summed E-state index contributed by atoms with van der Waals surface area (Å²) in [6.45, 7) is 2.14. The minimum absolute atomic E-state index is 0.0671. The van der Waals surface area contributed by atoms with Crippen molar-refractivity contribution in [3.05, 3.63) is 64.2 Å². The summed E-state index contributed by atoms with van der Waals surface area (Å²) >= 11 is 5.59. The molecule has 0 spiro atoms. The van der Waals surface area contributed by atoms with E-state index in [2.05, 4.69) is 17.0 Å². The number of fused-ring (bicyclic) bond motifs is 1. The Labute approximate surface area is 166 Å². The SMILES string of the molecule is O=S(=O)(c1ccc(Cl)c(C(F)(F)F)c1)N1CC(N2CCc3ccccc3C2)C1. The van der Waals surface area contributed by atoms with Gasteiger partial charge in [0.2, 0.25) is 10.0 Å². The Morgan fingerprint density at radius 3 is 2.39 bits per heavy atom. The van der Waals surface area contributed by atoms with Crippen LogP contribution in [0.4, 0.5) is 13.2 Å². The molecule has 9 heteroatoms. The second-order valence-corrected chi connectivity index (χ2v) is 9.45. The summed E-state index contributed by atoms with van der Waals surface area (Å²) in [5.41, 5.74) is 1.41. The summed E-state index contributed by atoms with van der Waals surface area (Å²) < 4.78 is 65.8. The highest BCUT2D eigenvalue weighted by atomic mass is 35.5. The van der Waals surface area contributed by atoms with E-state index in [1.807, 2.05) is 12.1 Å². The van der Waals surface area contributed by atoms with E-state index in [1.54, 1.807) is 0 Å². The number of hydrogen-bond acceptors (Lipinski definition) is 3. The van der Waals surface area contributed by atoms with Crippen LogP contribution in [0.1, 0.15) is 16.7 Å². The Morgan fingerprint density at radius 2 is 1.71 bits per heavy atom. The zero-order valence-corrected chi connectivity index (χ0v) is 16.4. The normalized spacial score (nSPS) is 19.3. The van der Waals surface area contributed by atoms with Crippen molar-refractivity contribution < 1.29 is 21.6 Å². The fourth-order valence-corrected chi connectivity index (χ4v) is 5.47. The Morgan fingerprint density at radius 1 is 1.04 bits per heavy atom. The van der Waals surface area contributed by atoms with Crippen molar-refractivity contribution in [2.45, 2.75) is 30.1 Å². The van der Waals surface area contributed by atoms with Crippen molar-refractivity contribution in [2.24, 2.45) is 0 Å². The third-order valence-corrected chi connectivity index (χ3v) is 7.54. The second-order valence-electron chi connectivity index (χ2n) is 7.10. The highest BCUT2D eigenvalue weighted by Gasteiger charge is 2.41. The molecule has 0 aromatic heterocycles. The van der Waals surface area contributed by atoms with Crippen LogP contribution in [0.15, 0.2) is 47.4 Å². The molecule has 0 bridgehead atoms. The van der Waals surface area contributed by atoms with E-state index in [0.717, 1.165) is 31.6 Å². The molecule has 0 saturated carbocycles. The molecule has 2 aliphatic rings. The van der Waals surface area contributed by atoms with Crippen LogP contribution in [0.2, 0.25) is 5.02 Å². The van der Waals surface area contributed by atoms with Crippen LogP contribution in [-0.2, 0) is 29.2 Å². The number of nitrogens with zero attached hydrogens (tertiary/aromatic N) is 2. The van der Waals surface area contributed by atoms with Crippen molar-refractivity contribution in [1.82, 2.24) is 9.21 Å². The lowest BCUT2D eigenvalue weighted by molar-refractivity contribution is -0.137. The van der Waals surface area contributed by atoms with Gasteiger partial charge in [0.15, 0.2) is 0 Å². The average molecular weight is 431 g/mol. The minimum Gasteiger partial charge on any atom is -0.293 e. The number of halogens is 4. The van der Waals surface area contributed by atoms with E-state index in [-0.39, 0.29) is 24.0 Å². The van der Waals surface area contributed by atoms with Crippen LogP contribution in [0.5, 0.6) is 0 Å². The molecule has 28 heavy (non-hydrogen) atoms. The molecule has 4 rings (SSSR count). The number of rotatable bonds is 3. The molecule has 1 fully saturated rings. The van der Waals surface area contributed by atoms with Gasteiger partial charge >= 0.3 is 6.18 Å². The van der Waals surface area contributed by atoms with Crippen molar-refractivity contribution in [3.8, 4) is 0 Å². The molecule has 2 aromatic carbocycles. The Hall–Kier alpha value is -1.61. The first kappa shape index (κ1) is 19.7. The van der Waals surface area contributed by atoms with Gasteiger partial charge in [-0.2, -0.15) is 17.5 Å². The first-order valence-corrected chi connectivity index (χ1v) is 10.7. The highest BCUT2D eigenvalue weighted by molar-refractivity contribution is 7.89. The fraction of sp³-hybridized carbons (Fsp3) is 0.368. The van der Waals surface area contributed by atoms with Gasteiger partial charge in [-0.05, 0) is 35.7 Å². The van der Waals surface area contributed by atoms with Gasteiger partial charge in [0.1, 0.15) is 0 Å². The van der Waals surface area contributed by atoms with Gasteiger partial charge in [-0.25, -0.2) is 8.42 Å². The lowest BCUT2D eigenvalue weighted by atomic mass is 9.97. The molecule has 0 N–H and O–H groups in total. The first-order valence-electron chi connectivity index (χ1n) is 8.84.